The van der Waals surface area contributed by atoms with E-state index in [0.29, 0.717) is 16.8 Å². The number of ether oxygens (including phenoxy) is 2. The molecule has 3 nitrogen and oxygen atoms in total. The average molecular weight is 308 g/mol. The van der Waals surface area contributed by atoms with Crippen LogP contribution in [0.2, 0.25) is 0 Å². The Balaban J connectivity index is 2.50. The topological polar surface area (TPSA) is 38.7 Å². The lowest BCUT2D eigenvalue weighted by Gasteiger charge is -2.10. The van der Waals surface area contributed by atoms with Crippen LogP contribution in [0.1, 0.15) is 0 Å². The number of rotatable bonds is 5. The molecule has 0 aliphatic heterocycles. The minimum absolute atomic E-state index is 0.316. The number of methoxy groups -OCH3 is 1. The summed E-state index contributed by atoms with van der Waals surface area (Å²) in [4.78, 5) is 0. The number of hydrogen-bond donors (Lipinski definition) is 1. The van der Waals surface area contributed by atoms with Crippen LogP contribution in [0.25, 0.3) is 0 Å². The highest BCUT2D eigenvalue weighted by Crippen LogP contribution is 2.18. The van der Waals surface area contributed by atoms with Crippen LogP contribution in [0.5, 0.6) is 11.5 Å². The van der Waals surface area contributed by atoms with Crippen molar-refractivity contribution in [3.05, 3.63) is 24.3 Å². The highest BCUT2D eigenvalue weighted by Gasteiger charge is 2.02. The Labute approximate surface area is 97.2 Å². The van der Waals surface area contributed by atoms with Crippen LogP contribution < -0.4 is 9.47 Å². The largest absolute Gasteiger partial charge is 0.497 e. The van der Waals surface area contributed by atoms with Gasteiger partial charge in [-0.1, -0.05) is 28.7 Å². The van der Waals surface area contributed by atoms with Gasteiger partial charge in [0.25, 0.3) is 0 Å². The number of alkyl halides is 1. The average Bonchev–Trinajstić information content (AvgIpc) is 2.26. The molecule has 0 amide bonds. The van der Waals surface area contributed by atoms with Gasteiger partial charge in [0, 0.05) is 10.5 Å². The zero-order valence-electron chi connectivity index (χ0n) is 7.94. The van der Waals surface area contributed by atoms with Gasteiger partial charge < -0.3 is 14.6 Å². The molecule has 0 spiro atoms. The van der Waals surface area contributed by atoms with E-state index < -0.39 is 6.10 Å². The monoisotopic (exact) mass is 308 g/mol. The number of halogens is 1. The third kappa shape index (κ3) is 3.71. The maximum atomic E-state index is 9.28. The maximum Gasteiger partial charge on any atom is 0.123 e. The van der Waals surface area contributed by atoms with E-state index in [4.69, 9.17) is 9.47 Å². The molecule has 1 atom stereocenters. The lowest BCUT2D eigenvalue weighted by molar-refractivity contribution is 0.128. The summed E-state index contributed by atoms with van der Waals surface area (Å²) in [6, 6.07) is 7.33. The summed E-state index contributed by atoms with van der Waals surface area (Å²) in [6.07, 6.45) is -0.415. The Morgan fingerprint density at radius 3 is 2.79 bits per heavy atom. The van der Waals surface area contributed by atoms with Gasteiger partial charge in [-0.25, -0.2) is 0 Å². The highest BCUT2D eigenvalue weighted by molar-refractivity contribution is 14.1. The minimum Gasteiger partial charge on any atom is -0.497 e. The second kappa shape index (κ2) is 6.08. The molecule has 4 heteroatoms. The van der Waals surface area contributed by atoms with Gasteiger partial charge in [-0.3, -0.25) is 0 Å². The van der Waals surface area contributed by atoms with Crippen molar-refractivity contribution in [3.8, 4) is 11.5 Å². The molecule has 78 valence electrons. The van der Waals surface area contributed by atoms with Crippen molar-refractivity contribution < 1.29 is 14.6 Å². The van der Waals surface area contributed by atoms with Crippen molar-refractivity contribution in [2.45, 2.75) is 6.10 Å². The standard InChI is InChI=1S/C10H13IO3/c1-13-9-3-2-4-10(5-9)14-7-8(12)6-11/h2-5,8,12H,6-7H2,1H3. The van der Waals surface area contributed by atoms with Crippen molar-refractivity contribution in [1.29, 1.82) is 0 Å². The van der Waals surface area contributed by atoms with E-state index in [1.54, 1.807) is 13.2 Å². The molecule has 1 rings (SSSR count). The second-order valence-corrected chi connectivity index (χ2v) is 3.68. The molecule has 1 N–H and O–H groups in total. The van der Waals surface area contributed by atoms with Crippen LogP contribution in [0.3, 0.4) is 0 Å². The number of aliphatic hydroxyl groups excluding tert-OH is 1. The summed E-state index contributed by atoms with van der Waals surface area (Å²) < 4.78 is 11.1. The molecule has 0 aromatic heterocycles. The Morgan fingerprint density at radius 2 is 2.14 bits per heavy atom. The minimum atomic E-state index is -0.415. The van der Waals surface area contributed by atoms with Crippen LogP contribution in [0, 0.1) is 0 Å². The quantitative estimate of drug-likeness (QED) is 0.667. The van der Waals surface area contributed by atoms with Crippen molar-refractivity contribution in [3.63, 3.8) is 0 Å². The molecule has 0 radical (unpaired) electrons. The van der Waals surface area contributed by atoms with Crippen molar-refractivity contribution in [1.82, 2.24) is 0 Å². The molecule has 0 aliphatic rings. The van der Waals surface area contributed by atoms with E-state index >= 15 is 0 Å². The maximum absolute atomic E-state index is 9.28. The Kier molecular flexibility index (Phi) is 5.03. The summed E-state index contributed by atoms with van der Waals surface area (Å²) in [5.41, 5.74) is 0. The lowest BCUT2D eigenvalue weighted by atomic mass is 10.3. The van der Waals surface area contributed by atoms with Crippen LogP contribution in [0.15, 0.2) is 24.3 Å². The van der Waals surface area contributed by atoms with E-state index in [9.17, 15) is 5.11 Å². The van der Waals surface area contributed by atoms with Crippen LogP contribution in [-0.4, -0.2) is 29.4 Å². The molecule has 1 unspecified atom stereocenters. The normalized spacial score (nSPS) is 12.2. The summed E-state index contributed by atoms with van der Waals surface area (Å²) in [5.74, 6) is 1.47. The van der Waals surface area contributed by atoms with Crippen molar-refractivity contribution >= 4 is 22.6 Å². The van der Waals surface area contributed by atoms with E-state index in [1.807, 2.05) is 18.2 Å². The SMILES string of the molecule is COc1cccc(OCC(O)CI)c1. The molecule has 1 aromatic carbocycles. The van der Waals surface area contributed by atoms with Crippen LogP contribution in [-0.2, 0) is 0 Å². The zero-order valence-corrected chi connectivity index (χ0v) is 10.1. The summed E-state index contributed by atoms with van der Waals surface area (Å²) >= 11 is 2.12. The molecule has 0 heterocycles. The first kappa shape index (κ1) is 11.6. The Bertz CT molecular complexity index is 278. The van der Waals surface area contributed by atoms with Gasteiger partial charge in [-0.05, 0) is 12.1 Å². The smallest absolute Gasteiger partial charge is 0.123 e. The molecule has 0 bridgehead atoms. The van der Waals surface area contributed by atoms with Gasteiger partial charge in [0.1, 0.15) is 18.1 Å². The van der Waals surface area contributed by atoms with Crippen molar-refractivity contribution in [2.75, 3.05) is 18.1 Å². The van der Waals surface area contributed by atoms with Gasteiger partial charge in [-0.15, -0.1) is 0 Å². The molecule has 0 saturated heterocycles. The first-order valence-corrected chi connectivity index (χ1v) is 5.79. The number of aliphatic hydroxyl groups is 1. The molecular weight excluding hydrogens is 295 g/mol. The highest BCUT2D eigenvalue weighted by atomic mass is 127. The van der Waals surface area contributed by atoms with Gasteiger partial charge >= 0.3 is 0 Å². The molecule has 14 heavy (non-hydrogen) atoms. The number of benzene rings is 1. The predicted octanol–water partition coefficient (Wildman–Crippen LogP) is 1.87. The van der Waals surface area contributed by atoms with E-state index in [0.717, 1.165) is 5.75 Å². The Hall–Kier alpha value is -0.490. The van der Waals surface area contributed by atoms with Crippen LogP contribution in [0.4, 0.5) is 0 Å². The third-order valence-corrected chi connectivity index (χ3v) is 2.68. The van der Waals surface area contributed by atoms with Gasteiger partial charge in [0.15, 0.2) is 0 Å². The Morgan fingerprint density at radius 1 is 1.43 bits per heavy atom. The third-order valence-electron chi connectivity index (χ3n) is 1.66. The fourth-order valence-corrected chi connectivity index (χ4v) is 1.18. The van der Waals surface area contributed by atoms with E-state index in [2.05, 4.69) is 22.6 Å². The molecular formula is C10H13IO3. The van der Waals surface area contributed by atoms with Crippen LogP contribution >= 0.6 is 22.6 Å². The van der Waals surface area contributed by atoms with E-state index in [1.165, 1.54) is 0 Å². The summed E-state index contributed by atoms with van der Waals surface area (Å²) in [5, 5.41) is 9.28. The molecule has 0 saturated carbocycles. The predicted molar refractivity (Wildman–Crippen MR) is 63.4 cm³/mol. The van der Waals surface area contributed by atoms with Gasteiger partial charge in [0.2, 0.25) is 0 Å². The fourth-order valence-electron chi connectivity index (χ4n) is 0.928. The molecule has 1 aromatic rings. The van der Waals surface area contributed by atoms with Gasteiger partial charge in [0.05, 0.1) is 13.2 Å². The second-order valence-electron chi connectivity index (χ2n) is 2.80. The van der Waals surface area contributed by atoms with Gasteiger partial charge in [-0.2, -0.15) is 0 Å². The molecule has 0 fully saturated rings. The first-order chi connectivity index (χ1) is 6.76. The lowest BCUT2D eigenvalue weighted by Crippen LogP contribution is -2.18. The van der Waals surface area contributed by atoms with E-state index in [-0.39, 0.29) is 0 Å². The first-order valence-electron chi connectivity index (χ1n) is 4.27. The number of hydrogen-bond acceptors (Lipinski definition) is 3. The fraction of sp³-hybridized carbons (Fsp3) is 0.400. The summed E-state index contributed by atoms with van der Waals surface area (Å²) in [6.45, 7) is 0.316. The molecule has 0 aliphatic carbocycles. The summed E-state index contributed by atoms with van der Waals surface area (Å²) in [7, 11) is 1.61. The van der Waals surface area contributed by atoms with Crippen molar-refractivity contribution in [2.24, 2.45) is 0 Å². The zero-order chi connectivity index (χ0) is 10.4.